The second-order valence-electron chi connectivity index (χ2n) is 4.93. The van der Waals surface area contributed by atoms with Crippen molar-refractivity contribution in [2.45, 2.75) is 5.92 Å². The van der Waals surface area contributed by atoms with Crippen LogP contribution < -0.4 is 10.1 Å². The lowest BCUT2D eigenvalue weighted by atomic mass is 9.88. The van der Waals surface area contributed by atoms with Crippen molar-refractivity contribution in [2.75, 3.05) is 26.8 Å². The van der Waals surface area contributed by atoms with Crippen molar-refractivity contribution in [2.24, 2.45) is 0 Å². The molecule has 0 amide bonds. The Morgan fingerprint density at radius 1 is 1.00 bits per heavy atom. The maximum Gasteiger partial charge on any atom is 0.131 e. The first-order chi connectivity index (χ1) is 9.90. The van der Waals surface area contributed by atoms with Crippen molar-refractivity contribution in [1.82, 2.24) is 5.32 Å². The second-order valence-corrected chi connectivity index (χ2v) is 4.93. The molecule has 1 N–H and O–H groups in total. The van der Waals surface area contributed by atoms with E-state index in [1.165, 1.54) is 11.1 Å². The Labute approximate surface area is 119 Å². The SMILES string of the molecule is COCCNCC1c2ccccc2Oc2ccccc21. The van der Waals surface area contributed by atoms with Crippen molar-refractivity contribution in [3.05, 3.63) is 59.7 Å². The first-order valence-electron chi connectivity index (χ1n) is 6.95. The molecule has 3 rings (SSSR count). The van der Waals surface area contributed by atoms with E-state index in [1.54, 1.807) is 7.11 Å². The Balaban J connectivity index is 1.87. The van der Waals surface area contributed by atoms with Crippen molar-refractivity contribution >= 4 is 0 Å². The molecule has 2 aromatic rings. The molecule has 0 unspecified atom stereocenters. The van der Waals surface area contributed by atoms with Crippen LogP contribution in [0.15, 0.2) is 48.5 Å². The quantitative estimate of drug-likeness (QED) is 0.846. The van der Waals surface area contributed by atoms with E-state index >= 15 is 0 Å². The lowest BCUT2D eigenvalue weighted by Crippen LogP contribution is -2.27. The minimum atomic E-state index is 0.327. The van der Waals surface area contributed by atoms with Crippen molar-refractivity contribution in [1.29, 1.82) is 0 Å². The average molecular weight is 269 g/mol. The van der Waals surface area contributed by atoms with Gasteiger partial charge in [-0.05, 0) is 12.1 Å². The standard InChI is InChI=1S/C17H19NO2/c1-19-11-10-18-12-15-13-6-2-4-8-16(13)20-17-9-5-3-7-14(15)17/h2-9,15,18H,10-12H2,1H3. The van der Waals surface area contributed by atoms with Crippen LogP contribution in [-0.4, -0.2) is 26.8 Å². The summed E-state index contributed by atoms with van der Waals surface area (Å²) >= 11 is 0. The van der Waals surface area contributed by atoms with Gasteiger partial charge in [-0.3, -0.25) is 0 Å². The van der Waals surface area contributed by atoms with E-state index in [1.807, 2.05) is 24.3 Å². The van der Waals surface area contributed by atoms with Crippen LogP contribution in [0.3, 0.4) is 0 Å². The monoisotopic (exact) mass is 269 g/mol. The number of benzene rings is 2. The molecule has 0 bridgehead atoms. The molecule has 0 aliphatic carbocycles. The number of para-hydroxylation sites is 2. The summed E-state index contributed by atoms with van der Waals surface area (Å²) < 4.78 is 11.1. The van der Waals surface area contributed by atoms with E-state index in [-0.39, 0.29) is 0 Å². The van der Waals surface area contributed by atoms with Crippen LogP contribution >= 0.6 is 0 Å². The van der Waals surface area contributed by atoms with Crippen LogP contribution in [0, 0.1) is 0 Å². The molecule has 1 aliphatic rings. The summed E-state index contributed by atoms with van der Waals surface area (Å²) in [5.41, 5.74) is 2.49. The van der Waals surface area contributed by atoms with Gasteiger partial charge in [0.1, 0.15) is 11.5 Å². The van der Waals surface area contributed by atoms with Gasteiger partial charge in [0, 0.05) is 37.2 Å². The fraction of sp³-hybridized carbons (Fsp3) is 0.294. The zero-order chi connectivity index (χ0) is 13.8. The van der Waals surface area contributed by atoms with Crippen LogP contribution in [0.25, 0.3) is 0 Å². The third kappa shape index (κ3) is 2.55. The topological polar surface area (TPSA) is 30.5 Å². The minimum Gasteiger partial charge on any atom is -0.457 e. The van der Waals surface area contributed by atoms with E-state index in [2.05, 4.69) is 29.6 Å². The molecule has 0 saturated heterocycles. The summed E-state index contributed by atoms with van der Waals surface area (Å²) in [6.07, 6.45) is 0. The highest BCUT2D eigenvalue weighted by Gasteiger charge is 2.26. The molecule has 0 spiro atoms. The first-order valence-corrected chi connectivity index (χ1v) is 6.95. The van der Waals surface area contributed by atoms with Gasteiger partial charge in [0.15, 0.2) is 0 Å². The predicted octanol–water partition coefficient (Wildman–Crippen LogP) is 3.16. The van der Waals surface area contributed by atoms with Crippen LogP contribution in [0.5, 0.6) is 11.5 Å². The number of ether oxygens (including phenoxy) is 2. The molecule has 104 valence electrons. The molecular formula is C17H19NO2. The lowest BCUT2D eigenvalue weighted by Gasteiger charge is -2.28. The zero-order valence-corrected chi connectivity index (χ0v) is 11.6. The Hall–Kier alpha value is -1.84. The van der Waals surface area contributed by atoms with E-state index in [9.17, 15) is 0 Å². The van der Waals surface area contributed by atoms with Gasteiger partial charge in [-0.1, -0.05) is 36.4 Å². The van der Waals surface area contributed by atoms with E-state index < -0.39 is 0 Å². The Bertz CT molecular complexity index is 537. The molecule has 20 heavy (non-hydrogen) atoms. The highest BCUT2D eigenvalue weighted by molar-refractivity contribution is 5.53. The number of nitrogens with one attached hydrogen (secondary N) is 1. The first kappa shape index (κ1) is 13.2. The van der Waals surface area contributed by atoms with Crippen LogP contribution in [0.2, 0.25) is 0 Å². The van der Waals surface area contributed by atoms with Crippen LogP contribution in [0.4, 0.5) is 0 Å². The maximum absolute atomic E-state index is 5.98. The molecule has 1 aliphatic heterocycles. The van der Waals surface area contributed by atoms with Gasteiger partial charge in [-0.15, -0.1) is 0 Å². The third-order valence-corrected chi connectivity index (χ3v) is 3.64. The molecule has 0 fully saturated rings. The molecule has 0 saturated carbocycles. The largest absolute Gasteiger partial charge is 0.457 e. The number of hydrogen-bond acceptors (Lipinski definition) is 3. The summed E-state index contributed by atoms with van der Waals surface area (Å²) in [4.78, 5) is 0. The van der Waals surface area contributed by atoms with Gasteiger partial charge in [-0.25, -0.2) is 0 Å². The maximum atomic E-state index is 5.98. The van der Waals surface area contributed by atoms with Crippen LogP contribution in [-0.2, 0) is 4.74 Å². The van der Waals surface area contributed by atoms with Crippen molar-refractivity contribution < 1.29 is 9.47 Å². The molecular weight excluding hydrogens is 250 g/mol. The van der Waals surface area contributed by atoms with Gasteiger partial charge in [0.25, 0.3) is 0 Å². The van der Waals surface area contributed by atoms with E-state index in [0.717, 1.165) is 31.2 Å². The predicted molar refractivity (Wildman–Crippen MR) is 79.5 cm³/mol. The molecule has 0 radical (unpaired) electrons. The molecule has 0 atom stereocenters. The van der Waals surface area contributed by atoms with E-state index in [0.29, 0.717) is 5.92 Å². The van der Waals surface area contributed by atoms with Gasteiger partial charge in [-0.2, -0.15) is 0 Å². The smallest absolute Gasteiger partial charge is 0.131 e. The van der Waals surface area contributed by atoms with Gasteiger partial charge in [0.2, 0.25) is 0 Å². The van der Waals surface area contributed by atoms with Gasteiger partial charge >= 0.3 is 0 Å². The molecule has 0 aromatic heterocycles. The fourth-order valence-electron chi connectivity index (χ4n) is 2.65. The second kappa shape index (κ2) is 6.07. The Morgan fingerprint density at radius 2 is 1.60 bits per heavy atom. The van der Waals surface area contributed by atoms with Gasteiger partial charge < -0.3 is 14.8 Å². The van der Waals surface area contributed by atoms with Crippen LogP contribution in [0.1, 0.15) is 17.0 Å². The number of fused-ring (bicyclic) bond motifs is 2. The summed E-state index contributed by atoms with van der Waals surface area (Å²) in [7, 11) is 1.72. The summed E-state index contributed by atoms with van der Waals surface area (Å²) in [6.45, 7) is 2.48. The number of rotatable bonds is 5. The van der Waals surface area contributed by atoms with Crippen molar-refractivity contribution in [3.8, 4) is 11.5 Å². The normalized spacial score (nSPS) is 13.4. The summed E-state index contributed by atoms with van der Waals surface area (Å²) in [5, 5.41) is 3.46. The summed E-state index contributed by atoms with van der Waals surface area (Å²) in [6, 6.07) is 16.5. The minimum absolute atomic E-state index is 0.327. The summed E-state index contributed by atoms with van der Waals surface area (Å²) in [5.74, 6) is 2.25. The number of methoxy groups -OCH3 is 1. The Morgan fingerprint density at radius 3 is 2.20 bits per heavy atom. The van der Waals surface area contributed by atoms with Gasteiger partial charge in [0.05, 0.1) is 6.61 Å². The highest BCUT2D eigenvalue weighted by atomic mass is 16.5. The molecule has 3 heteroatoms. The molecule has 3 nitrogen and oxygen atoms in total. The fourth-order valence-corrected chi connectivity index (χ4v) is 2.65. The Kier molecular flexibility index (Phi) is 4.00. The lowest BCUT2D eigenvalue weighted by molar-refractivity contribution is 0.199. The highest BCUT2D eigenvalue weighted by Crippen LogP contribution is 2.43. The average Bonchev–Trinajstić information content (AvgIpc) is 2.50. The van der Waals surface area contributed by atoms with Crippen molar-refractivity contribution in [3.63, 3.8) is 0 Å². The van der Waals surface area contributed by atoms with E-state index in [4.69, 9.17) is 9.47 Å². The molecule has 1 heterocycles. The number of hydrogen-bond donors (Lipinski definition) is 1. The zero-order valence-electron chi connectivity index (χ0n) is 11.6. The molecule has 2 aromatic carbocycles. The third-order valence-electron chi connectivity index (χ3n) is 3.64.